The molecule has 1 aromatic carbocycles. The van der Waals surface area contributed by atoms with Crippen LogP contribution in [0.4, 0.5) is 5.69 Å². The summed E-state index contributed by atoms with van der Waals surface area (Å²) in [5, 5.41) is 3.17. The van der Waals surface area contributed by atoms with E-state index in [1.54, 1.807) is 0 Å². The molecule has 17 heavy (non-hydrogen) atoms. The number of nitrogens with zero attached hydrogens (tertiary/aromatic N) is 1. The Bertz CT molecular complexity index is 384. The second kappa shape index (κ2) is 5.87. The fourth-order valence-corrected chi connectivity index (χ4v) is 2.51. The van der Waals surface area contributed by atoms with Gasteiger partial charge in [0.15, 0.2) is 0 Å². The van der Waals surface area contributed by atoms with Gasteiger partial charge in [-0.2, -0.15) is 0 Å². The zero-order valence-electron chi connectivity index (χ0n) is 10.7. The molecule has 1 aliphatic rings. The minimum atomic E-state index is 0.901. The molecule has 92 valence electrons. The normalized spacial score (nSPS) is 15.2. The molecule has 0 aromatic heterocycles. The van der Waals surface area contributed by atoms with E-state index in [9.17, 15) is 0 Å². The number of benzene rings is 1. The van der Waals surface area contributed by atoms with Gasteiger partial charge >= 0.3 is 0 Å². The average molecular weight is 230 g/mol. The lowest BCUT2D eigenvalue weighted by molar-refractivity contribution is 0.722. The summed E-state index contributed by atoms with van der Waals surface area (Å²) in [5.74, 6) is 0. The van der Waals surface area contributed by atoms with Crippen LogP contribution in [0.25, 0.3) is 0 Å². The SMILES string of the molecule is C=C(CNC)CN1CCCCc2ccccc21. The smallest absolute Gasteiger partial charge is 0.0401 e. The van der Waals surface area contributed by atoms with E-state index < -0.39 is 0 Å². The maximum atomic E-state index is 4.14. The summed E-state index contributed by atoms with van der Waals surface area (Å²) in [5.41, 5.74) is 4.15. The molecule has 0 saturated heterocycles. The van der Waals surface area contributed by atoms with Gasteiger partial charge in [-0.1, -0.05) is 24.8 Å². The molecule has 0 bridgehead atoms. The Morgan fingerprint density at radius 3 is 3.00 bits per heavy atom. The number of hydrogen-bond donors (Lipinski definition) is 1. The topological polar surface area (TPSA) is 15.3 Å². The van der Waals surface area contributed by atoms with Gasteiger partial charge in [-0.05, 0) is 43.5 Å². The number of anilines is 1. The molecule has 0 atom stereocenters. The Morgan fingerprint density at radius 2 is 2.18 bits per heavy atom. The molecule has 2 nitrogen and oxygen atoms in total. The molecule has 1 aromatic rings. The third-order valence-corrected chi connectivity index (χ3v) is 3.30. The van der Waals surface area contributed by atoms with Crippen molar-refractivity contribution in [2.75, 3.05) is 31.6 Å². The second-order valence-corrected chi connectivity index (χ2v) is 4.79. The van der Waals surface area contributed by atoms with Crippen molar-refractivity contribution in [3.05, 3.63) is 42.0 Å². The first kappa shape index (κ1) is 12.2. The molecule has 0 saturated carbocycles. The van der Waals surface area contributed by atoms with Gasteiger partial charge in [-0.25, -0.2) is 0 Å². The summed E-state index contributed by atoms with van der Waals surface area (Å²) < 4.78 is 0. The molecular weight excluding hydrogens is 208 g/mol. The molecule has 1 N–H and O–H groups in total. The van der Waals surface area contributed by atoms with Gasteiger partial charge in [-0.3, -0.25) is 0 Å². The number of aryl methyl sites for hydroxylation is 1. The molecule has 0 aliphatic carbocycles. The van der Waals surface area contributed by atoms with Gasteiger partial charge in [0.05, 0.1) is 0 Å². The van der Waals surface area contributed by atoms with Crippen LogP contribution in [0.2, 0.25) is 0 Å². The van der Waals surface area contributed by atoms with Crippen molar-refractivity contribution in [2.24, 2.45) is 0 Å². The van der Waals surface area contributed by atoms with Crippen LogP contribution in [0.3, 0.4) is 0 Å². The minimum absolute atomic E-state index is 0.901. The highest BCUT2D eigenvalue weighted by atomic mass is 15.1. The Morgan fingerprint density at radius 1 is 1.35 bits per heavy atom. The monoisotopic (exact) mass is 230 g/mol. The summed E-state index contributed by atoms with van der Waals surface area (Å²) in [6, 6.07) is 8.78. The van der Waals surface area contributed by atoms with Crippen LogP contribution in [0.15, 0.2) is 36.4 Å². The number of hydrogen-bond acceptors (Lipinski definition) is 2. The minimum Gasteiger partial charge on any atom is -0.367 e. The van der Waals surface area contributed by atoms with E-state index >= 15 is 0 Å². The standard InChI is InChI=1S/C15H22N2/c1-13(11-16-2)12-17-10-6-5-8-14-7-3-4-9-15(14)17/h3-4,7,9,16H,1,5-6,8,10-12H2,2H3. The van der Waals surface area contributed by atoms with Crippen LogP contribution < -0.4 is 10.2 Å². The van der Waals surface area contributed by atoms with E-state index in [0.29, 0.717) is 0 Å². The second-order valence-electron chi connectivity index (χ2n) is 4.79. The summed E-state index contributed by atoms with van der Waals surface area (Å²) in [6.45, 7) is 7.16. The van der Waals surface area contributed by atoms with Gasteiger partial charge in [0, 0.05) is 25.3 Å². The highest BCUT2D eigenvalue weighted by Gasteiger charge is 2.14. The van der Waals surface area contributed by atoms with Crippen molar-refractivity contribution in [3.63, 3.8) is 0 Å². The number of rotatable bonds is 4. The van der Waals surface area contributed by atoms with Gasteiger partial charge < -0.3 is 10.2 Å². The van der Waals surface area contributed by atoms with Crippen LogP contribution >= 0.6 is 0 Å². The molecule has 1 heterocycles. The summed E-state index contributed by atoms with van der Waals surface area (Å²) >= 11 is 0. The van der Waals surface area contributed by atoms with Crippen molar-refractivity contribution < 1.29 is 0 Å². The molecule has 0 spiro atoms. The van der Waals surface area contributed by atoms with Crippen LogP contribution in [0.5, 0.6) is 0 Å². The van der Waals surface area contributed by atoms with E-state index in [1.165, 1.54) is 36.1 Å². The number of likely N-dealkylation sites (N-methyl/N-ethyl adjacent to an activating group) is 1. The van der Waals surface area contributed by atoms with E-state index in [0.717, 1.165) is 19.6 Å². The Balaban J connectivity index is 2.14. The first-order chi connectivity index (χ1) is 8.31. The Kier molecular flexibility index (Phi) is 4.21. The van der Waals surface area contributed by atoms with Crippen molar-refractivity contribution in [1.82, 2.24) is 5.32 Å². The summed E-state index contributed by atoms with van der Waals surface area (Å²) in [7, 11) is 1.97. The molecule has 0 amide bonds. The largest absolute Gasteiger partial charge is 0.367 e. The third kappa shape index (κ3) is 3.10. The van der Waals surface area contributed by atoms with Crippen molar-refractivity contribution >= 4 is 5.69 Å². The number of nitrogens with one attached hydrogen (secondary N) is 1. The lowest BCUT2D eigenvalue weighted by atomic mass is 10.1. The quantitative estimate of drug-likeness (QED) is 0.800. The first-order valence-electron chi connectivity index (χ1n) is 6.45. The third-order valence-electron chi connectivity index (χ3n) is 3.30. The maximum Gasteiger partial charge on any atom is 0.0401 e. The van der Waals surface area contributed by atoms with E-state index in [1.807, 2.05) is 7.05 Å². The average Bonchev–Trinajstić information content (AvgIpc) is 2.53. The van der Waals surface area contributed by atoms with Crippen LogP contribution in [-0.2, 0) is 6.42 Å². The Hall–Kier alpha value is -1.28. The molecule has 0 fully saturated rings. The number of fused-ring (bicyclic) bond motifs is 1. The molecule has 2 heteroatoms. The molecule has 1 aliphatic heterocycles. The van der Waals surface area contributed by atoms with Crippen molar-refractivity contribution in [2.45, 2.75) is 19.3 Å². The molecule has 0 unspecified atom stereocenters. The van der Waals surface area contributed by atoms with E-state index in [4.69, 9.17) is 0 Å². The summed E-state index contributed by atoms with van der Waals surface area (Å²) in [6.07, 6.45) is 3.79. The van der Waals surface area contributed by atoms with Crippen molar-refractivity contribution in [1.29, 1.82) is 0 Å². The summed E-state index contributed by atoms with van der Waals surface area (Å²) in [4.78, 5) is 2.47. The lowest BCUT2D eigenvalue weighted by Crippen LogP contribution is -2.29. The fourth-order valence-electron chi connectivity index (χ4n) is 2.51. The Labute approximate surface area is 104 Å². The lowest BCUT2D eigenvalue weighted by Gasteiger charge is -2.25. The fraction of sp³-hybridized carbons (Fsp3) is 0.467. The van der Waals surface area contributed by atoms with Crippen molar-refractivity contribution in [3.8, 4) is 0 Å². The van der Waals surface area contributed by atoms with E-state index in [-0.39, 0.29) is 0 Å². The van der Waals surface area contributed by atoms with Gasteiger partial charge in [0.25, 0.3) is 0 Å². The van der Waals surface area contributed by atoms with Gasteiger partial charge in [-0.15, -0.1) is 0 Å². The van der Waals surface area contributed by atoms with Crippen LogP contribution in [0.1, 0.15) is 18.4 Å². The predicted molar refractivity (Wildman–Crippen MR) is 74.7 cm³/mol. The van der Waals surface area contributed by atoms with E-state index in [2.05, 4.69) is 41.1 Å². The highest BCUT2D eigenvalue weighted by molar-refractivity contribution is 5.55. The molecule has 2 rings (SSSR count). The first-order valence-corrected chi connectivity index (χ1v) is 6.45. The predicted octanol–water partition coefficient (Wildman–Crippen LogP) is 2.60. The van der Waals surface area contributed by atoms with Gasteiger partial charge in [0.1, 0.15) is 0 Å². The van der Waals surface area contributed by atoms with Gasteiger partial charge in [0.2, 0.25) is 0 Å². The zero-order valence-corrected chi connectivity index (χ0v) is 10.7. The highest BCUT2D eigenvalue weighted by Crippen LogP contribution is 2.26. The molecule has 0 radical (unpaired) electrons. The number of para-hydroxylation sites is 1. The maximum absolute atomic E-state index is 4.14. The van der Waals surface area contributed by atoms with Crippen LogP contribution in [0, 0.1) is 0 Å². The van der Waals surface area contributed by atoms with Crippen LogP contribution in [-0.4, -0.2) is 26.7 Å². The zero-order chi connectivity index (χ0) is 12.1. The molecular formula is C15H22N2.